The van der Waals surface area contributed by atoms with Gasteiger partial charge in [0.25, 0.3) is 5.91 Å². The van der Waals surface area contributed by atoms with E-state index in [4.69, 9.17) is 17.3 Å². The Kier molecular flexibility index (Phi) is 3.16. The van der Waals surface area contributed by atoms with Crippen molar-refractivity contribution in [1.29, 1.82) is 0 Å². The van der Waals surface area contributed by atoms with Crippen molar-refractivity contribution in [1.82, 2.24) is 9.78 Å². The fourth-order valence-corrected chi connectivity index (χ4v) is 1.91. The summed E-state index contributed by atoms with van der Waals surface area (Å²) in [4.78, 5) is 22.2. The Balaban J connectivity index is 2.69. The lowest BCUT2D eigenvalue weighted by Crippen LogP contribution is -2.15. The first-order valence-corrected chi connectivity index (χ1v) is 5.52. The zero-order chi connectivity index (χ0) is 13.3. The van der Waals surface area contributed by atoms with Gasteiger partial charge in [-0.3, -0.25) is 9.59 Å². The molecule has 0 saturated heterocycles. The van der Waals surface area contributed by atoms with E-state index in [2.05, 4.69) is 5.10 Å². The van der Waals surface area contributed by atoms with Gasteiger partial charge < -0.3 is 5.73 Å². The lowest BCUT2D eigenvalue weighted by atomic mass is 10.1. The number of para-hydroxylation sites is 1. The van der Waals surface area contributed by atoms with E-state index >= 15 is 0 Å². The van der Waals surface area contributed by atoms with Crippen LogP contribution in [0.5, 0.6) is 0 Å². The van der Waals surface area contributed by atoms with Crippen molar-refractivity contribution in [3.8, 4) is 5.69 Å². The van der Waals surface area contributed by atoms with Crippen molar-refractivity contribution < 1.29 is 9.59 Å². The lowest BCUT2D eigenvalue weighted by Gasteiger charge is -2.08. The van der Waals surface area contributed by atoms with Gasteiger partial charge in [-0.1, -0.05) is 17.7 Å². The molecule has 0 saturated carbocycles. The summed E-state index contributed by atoms with van der Waals surface area (Å²) in [6.45, 7) is 1.70. The first-order chi connectivity index (χ1) is 8.54. The van der Waals surface area contributed by atoms with E-state index in [0.717, 1.165) is 0 Å². The Labute approximate surface area is 108 Å². The third-order valence-corrected chi connectivity index (χ3v) is 2.85. The van der Waals surface area contributed by atoms with E-state index < -0.39 is 5.91 Å². The molecular weight excluding hydrogens is 254 g/mol. The number of nitrogens with two attached hydrogens (primary N) is 1. The summed E-state index contributed by atoms with van der Waals surface area (Å²) in [5.41, 5.74) is 6.91. The summed E-state index contributed by atoms with van der Waals surface area (Å²) in [6.07, 6.45) is 2.20. The molecule has 2 rings (SSSR count). The molecule has 0 atom stereocenters. The largest absolute Gasteiger partial charge is 0.366 e. The van der Waals surface area contributed by atoms with Gasteiger partial charge in [0.1, 0.15) is 0 Å². The number of rotatable bonds is 3. The molecule has 1 aromatic carbocycles. The molecule has 6 heteroatoms. The Morgan fingerprint density at radius 2 is 2.22 bits per heavy atom. The minimum atomic E-state index is -0.603. The number of carbonyl (C=O) groups is 2. The first kappa shape index (κ1) is 12.3. The smallest absolute Gasteiger partial charge is 0.250 e. The van der Waals surface area contributed by atoms with Gasteiger partial charge in [-0.25, -0.2) is 4.68 Å². The van der Waals surface area contributed by atoms with Crippen molar-refractivity contribution in [2.75, 3.05) is 0 Å². The fourth-order valence-electron chi connectivity index (χ4n) is 1.65. The van der Waals surface area contributed by atoms with Crippen molar-refractivity contribution in [2.24, 2.45) is 5.73 Å². The highest BCUT2D eigenvalue weighted by Crippen LogP contribution is 2.24. The average molecular weight is 264 g/mol. The molecule has 0 radical (unpaired) electrons. The van der Waals surface area contributed by atoms with Crippen LogP contribution in [0.1, 0.15) is 26.4 Å². The Morgan fingerprint density at radius 1 is 1.50 bits per heavy atom. The second-order valence-electron chi connectivity index (χ2n) is 3.73. The number of aryl methyl sites for hydroxylation is 1. The molecule has 5 nitrogen and oxygen atoms in total. The van der Waals surface area contributed by atoms with Crippen LogP contribution < -0.4 is 5.73 Å². The minimum absolute atomic E-state index is 0.252. The van der Waals surface area contributed by atoms with Crippen molar-refractivity contribution in [2.45, 2.75) is 6.92 Å². The average Bonchev–Trinajstić information content (AvgIpc) is 2.69. The molecule has 0 bridgehead atoms. The maximum Gasteiger partial charge on any atom is 0.250 e. The van der Waals surface area contributed by atoms with E-state index in [-0.39, 0.29) is 5.56 Å². The second kappa shape index (κ2) is 4.62. The zero-order valence-electron chi connectivity index (χ0n) is 9.55. The summed E-state index contributed by atoms with van der Waals surface area (Å²) in [6, 6.07) is 4.81. The fraction of sp³-hybridized carbons (Fsp3) is 0.0833. The molecule has 0 aliphatic carbocycles. The maximum atomic E-state index is 11.4. The zero-order valence-corrected chi connectivity index (χ0v) is 10.3. The van der Waals surface area contributed by atoms with E-state index in [1.54, 1.807) is 25.1 Å². The van der Waals surface area contributed by atoms with Gasteiger partial charge in [-0.15, -0.1) is 0 Å². The third-order valence-electron chi connectivity index (χ3n) is 2.55. The molecule has 18 heavy (non-hydrogen) atoms. The topological polar surface area (TPSA) is 78.0 Å². The van der Waals surface area contributed by atoms with Crippen LogP contribution in [-0.4, -0.2) is 22.0 Å². The Bertz CT molecular complexity index is 634. The van der Waals surface area contributed by atoms with Crippen LogP contribution in [0.3, 0.4) is 0 Å². The highest BCUT2D eigenvalue weighted by Gasteiger charge is 2.15. The predicted molar refractivity (Wildman–Crippen MR) is 67.2 cm³/mol. The summed E-state index contributed by atoms with van der Waals surface area (Å²) in [5, 5.41) is 4.49. The van der Waals surface area contributed by atoms with E-state index in [1.807, 2.05) is 0 Å². The second-order valence-corrected chi connectivity index (χ2v) is 4.14. The normalized spacial score (nSPS) is 10.3. The van der Waals surface area contributed by atoms with Gasteiger partial charge in [0, 0.05) is 6.20 Å². The summed E-state index contributed by atoms with van der Waals surface area (Å²) >= 11 is 6.06. The SMILES string of the molecule is Cc1nn(-c2c(Cl)cccc2C(N)=O)cc1C=O. The van der Waals surface area contributed by atoms with E-state index in [1.165, 1.54) is 10.9 Å². The monoisotopic (exact) mass is 263 g/mol. The van der Waals surface area contributed by atoms with Gasteiger partial charge in [0.05, 0.1) is 27.5 Å². The molecule has 1 amide bonds. The van der Waals surface area contributed by atoms with Crippen molar-refractivity contribution in [3.63, 3.8) is 0 Å². The predicted octanol–water partition coefficient (Wildman–Crippen LogP) is 1.75. The van der Waals surface area contributed by atoms with Crippen LogP contribution in [0.2, 0.25) is 5.02 Å². The summed E-state index contributed by atoms with van der Waals surface area (Å²) in [5.74, 6) is -0.603. The van der Waals surface area contributed by atoms with Crippen LogP contribution in [0.4, 0.5) is 0 Å². The number of carbonyl (C=O) groups excluding carboxylic acids is 2. The number of halogens is 1. The quantitative estimate of drug-likeness (QED) is 0.857. The van der Waals surface area contributed by atoms with Crippen LogP contribution in [0.25, 0.3) is 5.69 Å². The highest BCUT2D eigenvalue weighted by molar-refractivity contribution is 6.33. The molecule has 0 fully saturated rings. The number of nitrogens with zero attached hydrogens (tertiary/aromatic N) is 2. The Morgan fingerprint density at radius 3 is 2.78 bits per heavy atom. The molecular formula is C12H10ClN3O2. The number of hydrogen-bond acceptors (Lipinski definition) is 3. The van der Waals surface area contributed by atoms with E-state index in [9.17, 15) is 9.59 Å². The van der Waals surface area contributed by atoms with Crippen LogP contribution in [0, 0.1) is 6.92 Å². The highest BCUT2D eigenvalue weighted by atomic mass is 35.5. The summed E-state index contributed by atoms with van der Waals surface area (Å²) in [7, 11) is 0. The molecule has 0 unspecified atom stereocenters. The molecule has 1 aromatic heterocycles. The standard InChI is InChI=1S/C12H10ClN3O2/c1-7-8(6-17)5-16(15-7)11-9(12(14)18)3-2-4-10(11)13/h2-6H,1H3,(H2,14,18). The van der Waals surface area contributed by atoms with Crippen LogP contribution in [0.15, 0.2) is 24.4 Å². The number of aromatic nitrogens is 2. The van der Waals surface area contributed by atoms with Gasteiger partial charge in [0.2, 0.25) is 0 Å². The molecule has 2 N–H and O–H groups in total. The number of benzene rings is 1. The molecule has 0 spiro atoms. The van der Waals surface area contributed by atoms with Gasteiger partial charge in [-0.05, 0) is 19.1 Å². The van der Waals surface area contributed by atoms with Crippen LogP contribution in [-0.2, 0) is 0 Å². The maximum absolute atomic E-state index is 11.4. The number of aldehydes is 1. The number of primary amides is 1. The molecule has 92 valence electrons. The van der Waals surface area contributed by atoms with Crippen molar-refractivity contribution >= 4 is 23.8 Å². The van der Waals surface area contributed by atoms with Crippen LogP contribution >= 0.6 is 11.6 Å². The number of hydrogen-bond donors (Lipinski definition) is 1. The van der Waals surface area contributed by atoms with E-state index in [0.29, 0.717) is 28.3 Å². The minimum Gasteiger partial charge on any atom is -0.366 e. The Hall–Kier alpha value is -2.14. The molecule has 1 heterocycles. The van der Waals surface area contributed by atoms with Gasteiger partial charge in [-0.2, -0.15) is 5.10 Å². The third kappa shape index (κ3) is 2.00. The first-order valence-electron chi connectivity index (χ1n) is 5.14. The lowest BCUT2D eigenvalue weighted by molar-refractivity contribution is 0.0999. The van der Waals surface area contributed by atoms with Gasteiger partial charge in [0.15, 0.2) is 6.29 Å². The summed E-state index contributed by atoms with van der Waals surface area (Å²) < 4.78 is 1.39. The molecule has 0 aliphatic rings. The molecule has 2 aromatic rings. The van der Waals surface area contributed by atoms with Gasteiger partial charge >= 0.3 is 0 Å². The van der Waals surface area contributed by atoms with Crippen molar-refractivity contribution in [3.05, 3.63) is 46.2 Å². The number of amides is 1. The molecule has 0 aliphatic heterocycles.